The Hall–Kier alpha value is -0.910. The lowest BCUT2D eigenvalue weighted by Crippen LogP contribution is -2.43. The number of methoxy groups -OCH3 is 1. The number of carbonyl (C=O) groups is 1. The third-order valence-corrected chi connectivity index (χ3v) is 4.98. The van der Waals surface area contributed by atoms with E-state index in [2.05, 4.69) is 11.8 Å². The Morgan fingerprint density at radius 3 is 2.95 bits per heavy atom. The number of thiophene rings is 1. The summed E-state index contributed by atoms with van der Waals surface area (Å²) in [4.78, 5) is 14.9. The van der Waals surface area contributed by atoms with E-state index in [1.165, 1.54) is 11.3 Å². The fraction of sp³-hybridized carbons (Fsp3) is 0.643. The quantitative estimate of drug-likeness (QED) is 0.923. The first kappa shape index (κ1) is 14.5. The highest BCUT2D eigenvalue weighted by molar-refractivity contribution is 7.14. The minimum absolute atomic E-state index is 0.284. The van der Waals surface area contributed by atoms with Crippen molar-refractivity contribution in [1.82, 2.24) is 4.90 Å². The fourth-order valence-electron chi connectivity index (χ4n) is 2.57. The van der Waals surface area contributed by atoms with Crippen molar-refractivity contribution in [3.8, 4) is 0 Å². The number of likely N-dealkylation sites (tertiary alicyclic amines) is 1. The Morgan fingerprint density at radius 1 is 1.63 bits per heavy atom. The Labute approximate surface area is 118 Å². The first-order valence-corrected chi connectivity index (χ1v) is 7.40. The zero-order valence-corrected chi connectivity index (χ0v) is 12.5. The van der Waals surface area contributed by atoms with E-state index in [4.69, 9.17) is 9.84 Å². The number of carboxylic acid groups (broad SMARTS) is 1. The van der Waals surface area contributed by atoms with Gasteiger partial charge in [-0.1, -0.05) is 6.92 Å². The molecule has 0 aromatic carbocycles. The van der Waals surface area contributed by atoms with Crippen LogP contribution in [0.4, 0.5) is 0 Å². The van der Waals surface area contributed by atoms with Gasteiger partial charge in [-0.25, -0.2) is 4.79 Å². The van der Waals surface area contributed by atoms with Crippen LogP contribution in [0.2, 0.25) is 0 Å². The van der Waals surface area contributed by atoms with E-state index in [0.29, 0.717) is 10.8 Å². The van der Waals surface area contributed by atoms with Crippen molar-refractivity contribution < 1.29 is 14.6 Å². The molecule has 4 nitrogen and oxygen atoms in total. The van der Waals surface area contributed by atoms with Crippen molar-refractivity contribution in [1.29, 1.82) is 0 Å². The molecule has 0 radical (unpaired) electrons. The highest BCUT2D eigenvalue weighted by atomic mass is 32.1. The van der Waals surface area contributed by atoms with Gasteiger partial charge in [0.2, 0.25) is 0 Å². The van der Waals surface area contributed by atoms with Crippen LogP contribution < -0.4 is 0 Å². The molecule has 2 heterocycles. The Morgan fingerprint density at radius 2 is 2.37 bits per heavy atom. The molecule has 19 heavy (non-hydrogen) atoms. The standard InChI is InChI=1S/C14H21NO3S/c1-9-4-5-15(8-12(9)18-3)7-11-6-13(14(16)17)19-10(11)2/h6,9,12H,4-5,7-8H2,1-3H3,(H,16,17). The van der Waals surface area contributed by atoms with E-state index in [0.717, 1.165) is 36.5 Å². The van der Waals surface area contributed by atoms with Crippen LogP contribution in [-0.2, 0) is 11.3 Å². The Bertz CT molecular complexity index is 458. The van der Waals surface area contributed by atoms with E-state index in [1.807, 2.05) is 13.0 Å². The fourth-order valence-corrected chi connectivity index (χ4v) is 3.44. The number of ether oxygens (including phenoxy) is 1. The smallest absolute Gasteiger partial charge is 0.345 e. The van der Waals surface area contributed by atoms with Gasteiger partial charge in [-0.05, 0) is 37.4 Å². The van der Waals surface area contributed by atoms with Gasteiger partial charge in [0.15, 0.2) is 0 Å². The molecule has 2 unspecified atom stereocenters. The van der Waals surface area contributed by atoms with E-state index in [1.54, 1.807) is 7.11 Å². The zero-order valence-electron chi connectivity index (χ0n) is 11.7. The molecule has 1 fully saturated rings. The number of hydrogen-bond acceptors (Lipinski definition) is 4. The second-order valence-electron chi connectivity index (χ2n) is 5.27. The van der Waals surface area contributed by atoms with Crippen LogP contribution in [0.1, 0.15) is 33.5 Å². The molecule has 0 spiro atoms. The molecular weight excluding hydrogens is 262 g/mol. The average molecular weight is 283 g/mol. The number of carboxylic acids is 1. The summed E-state index contributed by atoms with van der Waals surface area (Å²) in [6.45, 7) is 7.02. The molecule has 0 aliphatic carbocycles. The minimum Gasteiger partial charge on any atom is -0.477 e. The van der Waals surface area contributed by atoms with Crippen molar-refractivity contribution in [2.75, 3.05) is 20.2 Å². The lowest BCUT2D eigenvalue weighted by molar-refractivity contribution is -0.00746. The van der Waals surface area contributed by atoms with Gasteiger partial charge in [0, 0.05) is 25.1 Å². The first-order chi connectivity index (χ1) is 9.01. The molecule has 1 saturated heterocycles. The topological polar surface area (TPSA) is 49.8 Å². The summed E-state index contributed by atoms with van der Waals surface area (Å²) in [5, 5.41) is 9.02. The highest BCUT2D eigenvalue weighted by Gasteiger charge is 2.26. The number of rotatable bonds is 4. The summed E-state index contributed by atoms with van der Waals surface area (Å²) in [7, 11) is 1.77. The van der Waals surface area contributed by atoms with Crippen LogP contribution >= 0.6 is 11.3 Å². The molecule has 1 aromatic heterocycles. The van der Waals surface area contributed by atoms with Gasteiger partial charge in [0.05, 0.1) is 6.10 Å². The van der Waals surface area contributed by atoms with Gasteiger partial charge in [0.1, 0.15) is 4.88 Å². The van der Waals surface area contributed by atoms with Crippen LogP contribution in [0.5, 0.6) is 0 Å². The van der Waals surface area contributed by atoms with Gasteiger partial charge >= 0.3 is 5.97 Å². The zero-order chi connectivity index (χ0) is 14.0. The molecule has 1 aromatic rings. The second kappa shape index (κ2) is 6.03. The van der Waals surface area contributed by atoms with Crippen LogP contribution in [0, 0.1) is 12.8 Å². The minimum atomic E-state index is -0.832. The largest absolute Gasteiger partial charge is 0.477 e. The molecule has 1 aliphatic heterocycles. The number of piperidine rings is 1. The maximum atomic E-state index is 11.0. The lowest BCUT2D eigenvalue weighted by atomic mass is 9.95. The van der Waals surface area contributed by atoms with E-state index >= 15 is 0 Å². The predicted molar refractivity (Wildman–Crippen MR) is 75.9 cm³/mol. The highest BCUT2D eigenvalue weighted by Crippen LogP contribution is 2.26. The van der Waals surface area contributed by atoms with Crippen LogP contribution in [0.15, 0.2) is 6.07 Å². The van der Waals surface area contributed by atoms with Crippen molar-refractivity contribution in [3.05, 3.63) is 21.4 Å². The molecule has 0 bridgehead atoms. The summed E-state index contributed by atoms with van der Waals surface area (Å²) >= 11 is 1.36. The Kier molecular flexibility index (Phi) is 4.60. The molecule has 2 rings (SSSR count). The summed E-state index contributed by atoms with van der Waals surface area (Å²) in [6.07, 6.45) is 1.42. The lowest BCUT2D eigenvalue weighted by Gasteiger charge is -2.36. The number of aryl methyl sites for hydroxylation is 1. The molecule has 106 valence electrons. The van der Waals surface area contributed by atoms with E-state index < -0.39 is 5.97 Å². The summed E-state index contributed by atoms with van der Waals surface area (Å²) in [6, 6.07) is 1.81. The maximum absolute atomic E-state index is 11.0. The molecule has 5 heteroatoms. The van der Waals surface area contributed by atoms with Crippen molar-refractivity contribution in [3.63, 3.8) is 0 Å². The second-order valence-corrected chi connectivity index (χ2v) is 6.53. The SMILES string of the molecule is COC1CN(Cc2cc(C(=O)O)sc2C)CCC1C. The third-order valence-electron chi connectivity index (χ3n) is 3.90. The number of aromatic carboxylic acids is 1. The average Bonchev–Trinajstić information content (AvgIpc) is 2.73. The van der Waals surface area contributed by atoms with Crippen LogP contribution in [0.25, 0.3) is 0 Å². The Balaban J connectivity index is 2.03. The predicted octanol–water partition coefficient (Wildman–Crippen LogP) is 2.61. The van der Waals surface area contributed by atoms with Crippen LogP contribution in [0.3, 0.4) is 0 Å². The number of nitrogens with zero attached hydrogens (tertiary/aromatic N) is 1. The molecule has 0 amide bonds. The van der Waals surface area contributed by atoms with Crippen molar-refractivity contribution in [2.45, 2.75) is 32.9 Å². The molecule has 0 saturated carbocycles. The molecule has 1 N–H and O–H groups in total. The first-order valence-electron chi connectivity index (χ1n) is 6.59. The third kappa shape index (κ3) is 3.35. The summed E-state index contributed by atoms with van der Waals surface area (Å²) < 4.78 is 5.51. The van der Waals surface area contributed by atoms with E-state index in [9.17, 15) is 4.79 Å². The molecular formula is C14H21NO3S. The van der Waals surface area contributed by atoms with Crippen LogP contribution in [-0.4, -0.2) is 42.3 Å². The summed E-state index contributed by atoms with van der Waals surface area (Å²) in [5.74, 6) is -0.235. The van der Waals surface area contributed by atoms with Gasteiger partial charge < -0.3 is 9.84 Å². The maximum Gasteiger partial charge on any atom is 0.345 e. The molecule has 1 aliphatic rings. The normalized spacial score (nSPS) is 24.6. The number of hydrogen-bond donors (Lipinski definition) is 1. The van der Waals surface area contributed by atoms with Gasteiger partial charge in [-0.15, -0.1) is 11.3 Å². The monoisotopic (exact) mass is 283 g/mol. The van der Waals surface area contributed by atoms with Gasteiger partial charge in [0.25, 0.3) is 0 Å². The van der Waals surface area contributed by atoms with Crippen molar-refractivity contribution in [2.24, 2.45) is 5.92 Å². The van der Waals surface area contributed by atoms with Gasteiger partial charge in [-0.3, -0.25) is 4.90 Å². The summed E-state index contributed by atoms with van der Waals surface area (Å²) in [5.41, 5.74) is 1.13. The van der Waals surface area contributed by atoms with Gasteiger partial charge in [-0.2, -0.15) is 0 Å². The van der Waals surface area contributed by atoms with E-state index in [-0.39, 0.29) is 6.10 Å². The molecule has 2 atom stereocenters. The van der Waals surface area contributed by atoms with Crippen molar-refractivity contribution >= 4 is 17.3 Å².